The highest BCUT2D eigenvalue weighted by Gasteiger charge is 2.46. The van der Waals surface area contributed by atoms with E-state index in [0.29, 0.717) is 25.3 Å². The minimum absolute atomic E-state index is 0.0304. The average Bonchev–Trinajstić information content (AvgIpc) is 3.57. The average molecular weight is 487 g/mol. The van der Waals surface area contributed by atoms with E-state index in [9.17, 15) is 9.59 Å². The molecule has 3 aromatic carbocycles. The van der Waals surface area contributed by atoms with Crippen LogP contribution in [-0.2, 0) is 21.6 Å². The smallest absolute Gasteiger partial charge is 0.410 e. The van der Waals surface area contributed by atoms with Crippen LogP contribution in [0.15, 0.2) is 60.7 Å². The van der Waals surface area contributed by atoms with Crippen molar-refractivity contribution in [3.05, 3.63) is 82.9 Å². The Morgan fingerprint density at radius 1 is 1.03 bits per heavy atom. The Morgan fingerprint density at radius 3 is 2.47 bits per heavy atom. The van der Waals surface area contributed by atoms with Crippen LogP contribution in [0.25, 0.3) is 10.8 Å². The zero-order chi connectivity index (χ0) is 25.5. The van der Waals surface area contributed by atoms with E-state index in [2.05, 4.69) is 35.6 Å². The number of aryl methyl sites for hydroxylation is 1. The van der Waals surface area contributed by atoms with E-state index in [1.165, 1.54) is 16.3 Å². The Labute approximate surface area is 212 Å². The molecule has 188 valence electrons. The summed E-state index contributed by atoms with van der Waals surface area (Å²) >= 11 is 0. The van der Waals surface area contributed by atoms with E-state index in [4.69, 9.17) is 9.47 Å². The lowest BCUT2D eigenvalue weighted by atomic mass is 9.96. The lowest BCUT2D eigenvalue weighted by Crippen LogP contribution is -2.55. The van der Waals surface area contributed by atoms with Gasteiger partial charge in [0, 0.05) is 5.56 Å². The second-order valence-corrected chi connectivity index (χ2v) is 11.0. The maximum atomic E-state index is 13.4. The Hall–Kier alpha value is -3.38. The summed E-state index contributed by atoms with van der Waals surface area (Å²) in [5.41, 5.74) is 2.92. The Bertz CT molecular complexity index is 1290. The van der Waals surface area contributed by atoms with Gasteiger partial charge in [-0.15, -0.1) is 0 Å². The molecule has 2 fully saturated rings. The first-order valence-corrected chi connectivity index (χ1v) is 12.6. The maximum Gasteiger partial charge on any atom is 0.410 e. The summed E-state index contributed by atoms with van der Waals surface area (Å²) in [6.45, 7) is 8.96. The normalized spacial score (nSPS) is 16.9. The molecule has 0 spiro atoms. The van der Waals surface area contributed by atoms with Crippen molar-refractivity contribution >= 4 is 22.8 Å². The summed E-state index contributed by atoms with van der Waals surface area (Å²) in [6.07, 6.45) is 1.53. The van der Waals surface area contributed by atoms with Crippen LogP contribution in [0.5, 0.6) is 0 Å². The zero-order valence-electron chi connectivity index (χ0n) is 21.5. The van der Waals surface area contributed by atoms with Gasteiger partial charge in [-0.05, 0) is 74.1 Å². The van der Waals surface area contributed by atoms with Crippen molar-refractivity contribution in [3.63, 3.8) is 0 Å². The third-order valence-corrected chi connectivity index (χ3v) is 6.94. The molecule has 36 heavy (non-hydrogen) atoms. The maximum absolute atomic E-state index is 13.4. The van der Waals surface area contributed by atoms with Crippen molar-refractivity contribution in [2.45, 2.75) is 64.4 Å². The van der Waals surface area contributed by atoms with Crippen molar-refractivity contribution in [3.8, 4) is 0 Å². The molecule has 3 aromatic rings. The fraction of sp³-hybridized carbons (Fsp3) is 0.400. The van der Waals surface area contributed by atoms with Crippen molar-refractivity contribution in [2.24, 2.45) is 0 Å². The number of hydrogen-bond acceptors (Lipinski definition) is 4. The molecule has 6 nitrogen and oxygen atoms in total. The number of rotatable bonds is 6. The van der Waals surface area contributed by atoms with E-state index >= 15 is 0 Å². The number of carbonyl (C=O) groups excluding carboxylic acids is 2. The van der Waals surface area contributed by atoms with Gasteiger partial charge >= 0.3 is 6.09 Å². The molecule has 5 rings (SSSR count). The number of ether oxygens (including phenoxy) is 2. The summed E-state index contributed by atoms with van der Waals surface area (Å²) < 4.78 is 11.4. The van der Waals surface area contributed by atoms with E-state index in [0.717, 1.165) is 24.0 Å². The summed E-state index contributed by atoms with van der Waals surface area (Å²) in [5, 5.41) is 5.73. The van der Waals surface area contributed by atoms with Gasteiger partial charge in [0.1, 0.15) is 5.60 Å². The summed E-state index contributed by atoms with van der Waals surface area (Å²) in [7, 11) is 0. The van der Waals surface area contributed by atoms with Gasteiger partial charge in [-0.1, -0.05) is 54.6 Å². The Morgan fingerprint density at radius 2 is 1.75 bits per heavy atom. The van der Waals surface area contributed by atoms with Crippen molar-refractivity contribution in [2.75, 3.05) is 13.1 Å². The standard InChI is InChI=1S/C30H34N2O4/c1-20-12-13-21(19-35-23-17-32(18-23)28(34)36-29(2,3)4)16-25(20)27(33)31-30(14-15-30)26-11-7-9-22-8-5-6-10-24(22)26/h5-13,16,23H,14-15,17-19H2,1-4H3,(H,31,33). The van der Waals surface area contributed by atoms with Crippen LogP contribution in [-0.4, -0.2) is 41.7 Å². The van der Waals surface area contributed by atoms with Crippen LogP contribution in [0, 0.1) is 6.92 Å². The van der Waals surface area contributed by atoms with Crippen LogP contribution in [0.2, 0.25) is 0 Å². The van der Waals surface area contributed by atoms with Gasteiger partial charge in [0.2, 0.25) is 0 Å². The second kappa shape index (κ2) is 9.25. The summed E-state index contributed by atoms with van der Waals surface area (Å²) in [6, 6.07) is 20.5. The molecule has 1 aliphatic heterocycles. The van der Waals surface area contributed by atoms with Crippen LogP contribution >= 0.6 is 0 Å². The summed E-state index contributed by atoms with van der Waals surface area (Å²) in [5.74, 6) is -0.0560. The number of fused-ring (bicyclic) bond motifs is 1. The quantitative estimate of drug-likeness (QED) is 0.485. The van der Waals surface area contributed by atoms with Gasteiger partial charge in [0.25, 0.3) is 5.91 Å². The van der Waals surface area contributed by atoms with E-state index in [-0.39, 0.29) is 23.6 Å². The largest absolute Gasteiger partial charge is 0.444 e. The molecule has 1 N–H and O–H groups in total. The molecule has 1 saturated heterocycles. The molecular weight excluding hydrogens is 452 g/mol. The molecule has 2 amide bonds. The molecule has 0 radical (unpaired) electrons. The topological polar surface area (TPSA) is 67.9 Å². The number of nitrogens with zero attached hydrogens (tertiary/aromatic N) is 1. The first-order valence-electron chi connectivity index (χ1n) is 12.6. The third kappa shape index (κ3) is 5.09. The van der Waals surface area contributed by atoms with E-state index in [1.807, 2.05) is 58.0 Å². The van der Waals surface area contributed by atoms with Gasteiger partial charge < -0.3 is 19.7 Å². The molecule has 6 heteroatoms. The van der Waals surface area contributed by atoms with Gasteiger partial charge in [0.05, 0.1) is 31.3 Å². The number of carbonyl (C=O) groups is 2. The fourth-order valence-electron chi connectivity index (χ4n) is 4.75. The van der Waals surface area contributed by atoms with Crippen LogP contribution in [0.4, 0.5) is 4.79 Å². The van der Waals surface area contributed by atoms with Crippen molar-refractivity contribution in [1.82, 2.24) is 10.2 Å². The highest BCUT2D eigenvalue weighted by molar-refractivity contribution is 5.97. The number of amides is 2. The van der Waals surface area contributed by atoms with Crippen LogP contribution < -0.4 is 5.32 Å². The number of likely N-dealkylation sites (tertiary alicyclic amines) is 1. The van der Waals surface area contributed by atoms with Crippen LogP contribution in [0.1, 0.15) is 60.7 Å². The molecule has 0 aromatic heterocycles. The fourth-order valence-corrected chi connectivity index (χ4v) is 4.75. The molecule has 0 unspecified atom stereocenters. The van der Waals surface area contributed by atoms with E-state index in [1.54, 1.807) is 4.90 Å². The van der Waals surface area contributed by atoms with Gasteiger partial charge in [-0.25, -0.2) is 4.79 Å². The monoisotopic (exact) mass is 486 g/mol. The van der Waals surface area contributed by atoms with Crippen molar-refractivity contribution in [1.29, 1.82) is 0 Å². The molecule has 0 bridgehead atoms. The van der Waals surface area contributed by atoms with Gasteiger partial charge in [-0.3, -0.25) is 4.79 Å². The van der Waals surface area contributed by atoms with E-state index < -0.39 is 5.60 Å². The number of benzene rings is 3. The first kappa shape index (κ1) is 24.3. The number of hydrogen-bond donors (Lipinski definition) is 1. The lowest BCUT2D eigenvalue weighted by Gasteiger charge is -2.39. The van der Waals surface area contributed by atoms with Gasteiger partial charge in [0.15, 0.2) is 0 Å². The highest BCUT2D eigenvalue weighted by atomic mass is 16.6. The lowest BCUT2D eigenvalue weighted by molar-refractivity contribution is -0.0691. The molecule has 1 saturated carbocycles. The Kier molecular flexibility index (Phi) is 6.25. The zero-order valence-corrected chi connectivity index (χ0v) is 21.5. The second-order valence-electron chi connectivity index (χ2n) is 11.0. The molecular formula is C30H34N2O4. The van der Waals surface area contributed by atoms with Crippen molar-refractivity contribution < 1.29 is 19.1 Å². The molecule has 2 aliphatic rings. The molecule has 1 heterocycles. The number of nitrogens with one attached hydrogen (secondary N) is 1. The third-order valence-electron chi connectivity index (χ3n) is 6.94. The molecule has 1 aliphatic carbocycles. The SMILES string of the molecule is Cc1ccc(COC2CN(C(=O)OC(C)(C)C)C2)cc1C(=O)NC1(c2cccc3ccccc23)CC1. The van der Waals surface area contributed by atoms with Crippen LogP contribution in [0.3, 0.4) is 0 Å². The van der Waals surface area contributed by atoms with Gasteiger partial charge in [-0.2, -0.15) is 0 Å². The minimum atomic E-state index is -0.505. The predicted molar refractivity (Wildman–Crippen MR) is 140 cm³/mol. The minimum Gasteiger partial charge on any atom is -0.444 e. The Balaban J connectivity index is 1.22. The highest BCUT2D eigenvalue weighted by Crippen LogP contribution is 2.48. The first-order chi connectivity index (χ1) is 17.1. The summed E-state index contributed by atoms with van der Waals surface area (Å²) in [4.78, 5) is 27.2. The predicted octanol–water partition coefficient (Wildman–Crippen LogP) is 5.70. The molecule has 0 atom stereocenters.